The number of hydrogen-bond acceptors (Lipinski definition) is 5. The number of carbonyl (C=O) groups excluding carboxylic acids is 1. The van der Waals surface area contributed by atoms with Crippen LogP contribution in [-0.2, 0) is 21.4 Å². The largest absolute Gasteiger partial charge is 0.338 e. The van der Waals surface area contributed by atoms with E-state index in [9.17, 15) is 18.0 Å². The summed E-state index contributed by atoms with van der Waals surface area (Å²) in [5.74, 6) is -0.227. The molecule has 8 nitrogen and oxygen atoms in total. The van der Waals surface area contributed by atoms with Crippen LogP contribution in [0.4, 0.5) is 0 Å². The first kappa shape index (κ1) is 19.2. The van der Waals surface area contributed by atoms with Gasteiger partial charge in [0.05, 0.1) is 18.3 Å². The molecule has 9 heteroatoms. The highest BCUT2D eigenvalue weighted by Crippen LogP contribution is 2.15. The quantitative estimate of drug-likeness (QED) is 0.750. The van der Waals surface area contributed by atoms with Crippen molar-refractivity contribution in [1.82, 2.24) is 18.8 Å². The van der Waals surface area contributed by atoms with Crippen LogP contribution < -0.4 is 5.56 Å². The fourth-order valence-corrected chi connectivity index (χ4v) is 3.77. The Morgan fingerprint density at radius 2 is 1.74 bits per heavy atom. The van der Waals surface area contributed by atoms with Crippen LogP contribution in [0, 0.1) is 6.92 Å². The van der Waals surface area contributed by atoms with Crippen LogP contribution in [0.5, 0.6) is 0 Å². The fraction of sp³-hybridized carbons (Fsp3) is 0.389. The molecule has 1 aromatic heterocycles. The highest BCUT2D eigenvalue weighted by Gasteiger charge is 2.26. The number of rotatable bonds is 4. The van der Waals surface area contributed by atoms with Crippen LogP contribution >= 0.6 is 0 Å². The minimum atomic E-state index is -3.24. The number of piperazine rings is 1. The monoisotopic (exact) mass is 390 g/mol. The maximum atomic E-state index is 12.4. The van der Waals surface area contributed by atoms with Gasteiger partial charge in [0.25, 0.3) is 5.56 Å². The summed E-state index contributed by atoms with van der Waals surface area (Å²) in [5.41, 5.74) is 2.22. The molecule has 1 aliphatic heterocycles. The van der Waals surface area contributed by atoms with Gasteiger partial charge in [0, 0.05) is 37.8 Å². The molecule has 0 saturated carbocycles. The molecule has 2 heterocycles. The minimum absolute atomic E-state index is 0.112. The van der Waals surface area contributed by atoms with Gasteiger partial charge in [0.1, 0.15) is 6.54 Å². The second-order valence-electron chi connectivity index (χ2n) is 6.65. The lowest BCUT2D eigenvalue weighted by atomic mass is 10.1. The van der Waals surface area contributed by atoms with Crippen LogP contribution in [0.2, 0.25) is 0 Å². The van der Waals surface area contributed by atoms with E-state index in [-0.39, 0.29) is 31.1 Å². The molecule has 1 amide bonds. The molecule has 2 aromatic rings. The van der Waals surface area contributed by atoms with Gasteiger partial charge in [-0.3, -0.25) is 14.2 Å². The lowest BCUT2D eigenvalue weighted by Gasteiger charge is -2.33. The number of carbonyl (C=O) groups is 1. The van der Waals surface area contributed by atoms with Crippen molar-refractivity contribution < 1.29 is 13.2 Å². The van der Waals surface area contributed by atoms with Gasteiger partial charge in [0.15, 0.2) is 0 Å². The van der Waals surface area contributed by atoms with E-state index in [0.29, 0.717) is 18.8 Å². The number of hydrogen-bond donors (Lipinski definition) is 0. The van der Waals surface area contributed by atoms with Crippen molar-refractivity contribution in [3.8, 4) is 11.3 Å². The molecule has 0 unspecified atom stereocenters. The fourth-order valence-electron chi connectivity index (χ4n) is 2.94. The highest BCUT2D eigenvalue weighted by atomic mass is 32.2. The van der Waals surface area contributed by atoms with Gasteiger partial charge >= 0.3 is 0 Å². The summed E-state index contributed by atoms with van der Waals surface area (Å²) in [5, 5.41) is 0. The zero-order chi connectivity index (χ0) is 19.6. The average Bonchev–Trinajstić information content (AvgIpc) is 2.63. The Bertz CT molecular complexity index is 991. The standard InChI is InChI=1S/C18H22N4O4S/c1-14-3-5-15(6-4-14)16-11-17(23)21(13-19-16)12-18(24)20-7-9-22(10-8-20)27(2,25)26/h3-6,11,13H,7-10,12H2,1-2H3. The summed E-state index contributed by atoms with van der Waals surface area (Å²) in [4.78, 5) is 30.6. The molecule has 0 radical (unpaired) electrons. The van der Waals surface area contributed by atoms with Crippen molar-refractivity contribution in [2.45, 2.75) is 13.5 Å². The van der Waals surface area contributed by atoms with Crippen molar-refractivity contribution in [3.63, 3.8) is 0 Å². The maximum absolute atomic E-state index is 12.4. The van der Waals surface area contributed by atoms with Gasteiger partial charge in [-0.2, -0.15) is 4.31 Å². The van der Waals surface area contributed by atoms with E-state index in [1.807, 2.05) is 31.2 Å². The van der Waals surface area contributed by atoms with Crippen molar-refractivity contribution >= 4 is 15.9 Å². The average molecular weight is 390 g/mol. The van der Waals surface area contributed by atoms with E-state index in [4.69, 9.17) is 0 Å². The van der Waals surface area contributed by atoms with E-state index in [1.54, 1.807) is 4.90 Å². The molecule has 0 spiro atoms. The number of sulfonamides is 1. The smallest absolute Gasteiger partial charge is 0.254 e. The number of benzene rings is 1. The van der Waals surface area contributed by atoms with Gasteiger partial charge in [-0.25, -0.2) is 13.4 Å². The summed E-state index contributed by atoms with van der Waals surface area (Å²) in [6, 6.07) is 9.10. The second kappa shape index (κ2) is 7.61. The topological polar surface area (TPSA) is 92.6 Å². The van der Waals surface area contributed by atoms with Gasteiger partial charge in [-0.15, -0.1) is 0 Å². The van der Waals surface area contributed by atoms with Crippen molar-refractivity contribution in [3.05, 3.63) is 52.6 Å². The minimum Gasteiger partial charge on any atom is -0.338 e. The summed E-state index contributed by atoms with van der Waals surface area (Å²) < 4.78 is 25.7. The third-order valence-electron chi connectivity index (χ3n) is 4.59. The molecule has 27 heavy (non-hydrogen) atoms. The number of amides is 1. The number of nitrogens with zero attached hydrogens (tertiary/aromatic N) is 4. The van der Waals surface area contributed by atoms with Crippen LogP contribution in [-0.4, -0.2) is 65.5 Å². The lowest BCUT2D eigenvalue weighted by Crippen LogP contribution is -2.51. The number of aromatic nitrogens is 2. The van der Waals surface area contributed by atoms with Crippen molar-refractivity contribution in [2.75, 3.05) is 32.4 Å². The Kier molecular flexibility index (Phi) is 5.43. The molecule has 1 saturated heterocycles. The maximum Gasteiger partial charge on any atom is 0.254 e. The van der Waals surface area contributed by atoms with E-state index >= 15 is 0 Å². The summed E-state index contributed by atoms with van der Waals surface area (Å²) in [6.07, 6.45) is 2.54. The molecule has 0 aliphatic carbocycles. The second-order valence-corrected chi connectivity index (χ2v) is 8.63. The molecular formula is C18H22N4O4S. The van der Waals surface area contributed by atoms with Crippen molar-refractivity contribution in [1.29, 1.82) is 0 Å². The molecule has 0 atom stereocenters. The van der Waals surface area contributed by atoms with E-state index < -0.39 is 10.0 Å². The highest BCUT2D eigenvalue weighted by molar-refractivity contribution is 7.88. The first-order valence-electron chi connectivity index (χ1n) is 8.60. The molecule has 3 rings (SSSR count). The van der Waals surface area contributed by atoms with Gasteiger partial charge in [-0.1, -0.05) is 29.8 Å². The van der Waals surface area contributed by atoms with Crippen LogP contribution in [0.25, 0.3) is 11.3 Å². The molecular weight excluding hydrogens is 368 g/mol. The molecule has 144 valence electrons. The summed E-state index contributed by atoms with van der Waals surface area (Å²) in [7, 11) is -3.24. The SMILES string of the molecule is Cc1ccc(-c2cc(=O)n(CC(=O)N3CCN(S(C)(=O)=O)CC3)cn2)cc1. The summed E-state index contributed by atoms with van der Waals surface area (Å²) >= 11 is 0. The third-order valence-corrected chi connectivity index (χ3v) is 5.90. The molecule has 1 aromatic carbocycles. The molecule has 0 bridgehead atoms. The first-order chi connectivity index (χ1) is 12.7. The van der Waals surface area contributed by atoms with Crippen molar-refractivity contribution in [2.24, 2.45) is 0 Å². The molecule has 0 N–H and O–H groups in total. The Labute approximate surface area is 158 Å². The van der Waals surface area contributed by atoms with Crippen LogP contribution in [0.15, 0.2) is 41.5 Å². The van der Waals surface area contributed by atoms with Gasteiger partial charge in [0.2, 0.25) is 15.9 Å². The normalized spacial score (nSPS) is 15.7. The zero-order valence-corrected chi connectivity index (χ0v) is 16.1. The first-order valence-corrected chi connectivity index (χ1v) is 10.5. The summed E-state index contributed by atoms with van der Waals surface area (Å²) in [6.45, 7) is 3.04. The third kappa shape index (κ3) is 4.61. The van der Waals surface area contributed by atoms with E-state index in [2.05, 4.69) is 4.98 Å². The molecule has 1 fully saturated rings. The zero-order valence-electron chi connectivity index (χ0n) is 15.3. The number of aryl methyl sites for hydroxylation is 1. The van der Waals surface area contributed by atoms with Gasteiger partial charge < -0.3 is 4.90 Å². The lowest BCUT2D eigenvalue weighted by molar-refractivity contribution is -0.133. The Balaban J connectivity index is 1.67. The Morgan fingerprint density at radius 3 is 2.30 bits per heavy atom. The van der Waals surface area contributed by atoms with Gasteiger partial charge in [-0.05, 0) is 6.92 Å². The van der Waals surface area contributed by atoms with Crippen LogP contribution in [0.3, 0.4) is 0 Å². The predicted molar refractivity (Wildman–Crippen MR) is 102 cm³/mol. The predicted octanol–water partition coefficient (Wildman–Crippen LogP) is 0.323. The Hall–Kier alpha value is -2.52. The van der Waals surface area contributed by atoms with E-state index in [1.165, 1.54) is 21.3 Å². The Morgan fingerprint density at radius 1 is 1.11 bits per heavy atom. The van der Waals surface area contributed by atoms with Crippen LogP contribution in [0.1, 0.15) is 5.56 Å². The van der Waals surface area contributed by atoms with E-state index in [0.717, 1.165) is 17.4 Å². The molecule has 1 aliphatic rings.